The predicted molar refractivity (Wildman–Crippen MR) is 99.2 cm³/mol. The second-order valence-corrected chi connectivity index (χ2v) is 6.39. The van der Waals surface area contributed by atoms with Crippen molar-refractivity contribution < 1.29 is 9.53 Å². The zero-order chi connectivity index (χ0) is 17.3. The summed E-state index contributed by atoms with van der Waals surface area (Å²) in [5.74, 6) is 0.831. The van der Waals surface area contributed by atoms with E-state index in [1.54, 1.807) is 9.58 Å². The molecule has 3 rings (SSSR count). The van der Waals surface area contributed by atoms with Crippen LogP contribution in [0.5, 0.6) is 5.75 Å². The lowest BCUT2D eigenvalue weighted by Gasteiger charge is -2.17. The van der Waals surface area contributed by atoms with Crippen LogP contribution >= 0.6 is 12.4 Å². The summed E-state index contributed by atoms with van der Waals surface area (Å²) in [7, 11) is 1.86. The normalized spacial score (nSPS) is 19.6. The van der Waals surface area contributed by atoms with Gasteiger partial charge in [0.15, 0.2) is 12.4 Å². The number of nitrogens with zero attached hydrogens (tertiary/aromatic N) is 3. The van der Waals surface area contributed by atoms with E-state index in [-0.39, 0.29) is 36.9 Å². The summed E-state index contributed by atoms with van der Waals surface area (Å²) >= 11 is 0. The van der Waals surface area contributed by atoms with E-state index in [4.69, 9.17) is 10.5 Å². The number of likely N-dealkylation sites (tertiary alicyclic amines) is 1. The van der Waals surface area contributed by atoms with Crippen molar-refractivity contribution in [2.45, 2.75) is 25.8 Å². The Bertz CT molecular complexity index is 732. The van der Waals surface area contributed by atoms with E-state index in [1.165, 1.54) is 5.56 Å². The van der Waals surface area contributed by atoms with E-state index in [0.717, 1.165) is 11.4 Å². The molecule has 6 nitrogen and oxygen atoms in total. The van der Waals surface area contributed by atoms with Crippen molar-refractivity contribution in [2.24, 2.45) is 12.8 Å². The number of aryl methyl sites for hydroxylation is 2. The van der Waals surface area contributed by atoms with Crippen molar-refractivity contribution in [3.8, 4) is 5.75 Å². The first-order chi connectivity index (χ1) is 11.5. The van der Waals surface area contributed by atoms with E-state index in [1.807, 2.05) is 39.1 Å². The van der Waals surface area contributed by atoms with Gasteiger partial charge in [-0.2, -0.15) is 5.10 Å². The lowest BCUT2D eigenvalue weighted by Crippen LogP contribution is -2.35. The van der Waals surface area contributed by atoms with Crippen molar-refractivity contribution in [3.05, 3.63) is 47.3 Å². The van der Waals surface area contributed by atoms with Gasteiger partial charge in [-0.25, -0.2) is 0 Å². The first-order valence-electron chi connectivity index (χ1n) is 8.18. The Morgan fingerprint density at radius 2 is 1.96 bits per heavy atom. The smallest absolute Gasteiger partial charge is 0.260 e. The van der Waals surface area contributed by atoms with Gasteiger partial charge in [0, 0.05) is 32.1 Å². The van der Waals surface area contributed by atoms with Crippen molar-refractivity contribution in [3.63, 3.8) is 0 Å². The van der Waals surface area contributed by atoms with Crippen LogP contribution in [0.2, 0.25) is 0 Å². The molecule has 2 atom stereocenters. The van der Waals surface area contributed by atoms with Gasteiger partial charge in [0.25, 0.3) is 5.91 Å². The number of amides is 1. The number of hydrogen-bond donors (Lipinski definition) is 1. The molecule has 1 aromatic carbocycles. The third-order valence-electron chi connectivity index (χ3n) is 4.73. The summed E-state index contributed by atoms with van der Waals surface area (Å²) in [6.07, 6.45) is 0. The first kappa shape index (κ1) is 19.3. The number of halogens is 1. The molecule has 7 heteroatoms. The molecule has 2 N–H and O–H groups in total. The summed E-state index contributed by atoms with van der Waals surface area (Å²) in [6, 6.07) is 10.1. The topological polar surface area (TPSA) is 73.4 Å². The Morgan fingerprint density at radius 3 is 2.56 bits per heavy atom. The van der Waals surface area contributed by atoms with Gasteiger partial charge in [-0.05, 0) is 19.4 Å². The van der Waals surface area contributed by atoms with Crippen molar-refractivity contribution in [1.29, 1.82) is 0 Å². The van der Waals surface area contributed by atoms with Crippen LogP contribution in [0.25, 0.3) is 0 Å². The van der Waals surface area contributed by atoms with Crippen molar-refractivity contribution in [2.75, 3.05) is 19.7 Å². The molecule has 0 bridgehead atoms. The van der Waals surface area contributed by atoms with E-state index >= 15 is 0 Å². The molecule has 2 aromatic rings. The van der Waals surface area contributed by atoms with E-state index in [2.05, 4.69) is 17.2 Å². The summed E-state index contributed by atoms with van der Waals surface area (Å²) in [4.78, 5) is 14.3. The second kappa shape index (κ2) is 7.89. The lowest BCUT2D eigenvalue weighted by molar-refractivity contribution is -0.132. The highest BCUT2D eigenvalue weighted by molar-refractivity contribution is 5.85. The van der Waals surface area contributed by atoms with Crippen LogP contribution in [0.3, 0.4) is 0 Å². The molecule has 0 saturated carbocycles. The minimum absolute atomic E-state index is 0. The lowest BCUT2D eigenvalue weighted by atomic mass is 9.95. The van der Waals surface area contributed by atoms with E-state index in [0.29, 0.717) is 18.8 Å². The minimum Gasteiger partial charge on any atom is -0.480 e. The van der Waals surface area contributed by atoms with E-state index in [9.17, 15) is 4.79 Å². The van der Waals surface area contributed by atoms with E-state index < -0.39 is 0 Å². The van der Waals surface area contributed by atoms with Gasteiger partial charge < -0.3 is 15.4 Å². The van der Waals surface area contributed by atoms with Crippen LogP contribution in [-0.2, 0) is 11.8 Å². The molecular weight excluding hydrogens is 340 g/mol. The average Bonchev–Trinajstić information content (AvgIpc) is 3.07. The number of rotatable bonds is 4. The van der Waals surface area contributed by atoms with Gasteiger partial charge in [-0.15, -0.1) is 12.4 Å². The maximum absolute atomic E-state index is 12.5. The zero-order valence-electron chi connectivity index (χ0n) is 14.8. The molecule has 0 unspecified atom stereocenters. The van der Waals surface area contributed by atoms with Crippen molar-refractivity contribution in [1.82, 2.24) is 14.7 Å². The summed E-state index contributed by atoms with van der Waals surface area (Å²) in [5, 5.41) is 4.30. The van der Waals surface area contributed by atoms with Crippen molar-refractivity contribution >= 4 is 18.3 Å². The molecular formula is C18H25ClN4O2. The zero-order valence-corrected chi connectivity index (χ0v) is 15.6. The summed E-state index contributed by atoms with van der Waals surface area (Å²) in [6.45, 7) is 5.02. The second-order valence-electron chi connectivity index (χ2n) is 6.39. The molecule has 1 fully saturated rings. The van der Waals surface area contributed by atoms with Crippen LogP contribution in [0.4, 0.5) is 0 Å². The Kier molecular flexibility index (Phi) is 6.08. The predicted octanol–water partition coefficient (Wildman–Crippen LogP) is 1.79. The van der Waals surface area contributed by atoms with Crippen LogP contribution in [-0.4, -0.2) is 46.3 Å². The third kappa shape index (κ3) is 3.96. The molecule has 136 valence electrons. The molecule has 1 aliphatic heterocycles. The molecule has 1 aliphatic rings. The van der Waals surface area contributed by atoms with Crippen LogP contribution in [0, 0.1) is 13.8 Å². The highest BCUT2D eigenvalue weighted by Crippen LogP contribution is 2.27. The SMILES string of the molecule is Cc1nn(C)c(C)c1OCC(=O)N1C[C@@H](N)[C@H](c2ccccc2)C1.Cl. The minimum atomic E-state index is -0.0433. The van der Waals surface area contributed by atoms with Crippen LogP contribution in [0.15, 0.2) is 30.3 Å². The number of carbonyl (C=O) groups is 1. The number of carbonyl (C=O) groups excluding carboxylic acids is 1. The largest absolute Gasteiger partial charge is 0.480 e. The number of hydrogen-bond acceptors (Lipinski definition) is 4. The van der Waals surface area contributed by atoms with Gasteiger partial charge in [-0.1, -0.05) is 30.3 Å². The van der Waals surface area contributed by atoms with Crippen LogP contribution < -0.4 is 10.5 Å². The van der Waals surface area contributed by atoms with Crippen LogP contribution in [0.1, 0.15) is 22.9 Å². The maximum atomic E-state index is 12.5. The molecule has 25 heavy (non-hydrogen) atoms. The molecule has 1 saturated heterocycles. The van der Waals surface area contributed by atoms with Gasteiger partial charge >= 0.3 is 0 Å². The highest BCUT2D eigenvalue weighted by Gasteiger charge is 2.34. The molecule has 2 heterocycles. The number of ether oxygens (including phenoxy) is 1. The van der Waals surface area contributed by atoms with Gasteiger partial charge in [-0.3, -0.25) is 9.48 Å². The fourth-order valence-corrected chi connectivity index (χ4v) is 3.27. The van der Waals surface area contributed by atoms with Gasteiger partial charge in [0.05, 0.1) is 5.69 Å². The number of benzene rings is 1. The molecule has 1 amide bonds. The first-order valence-corrected chi connectivity index (χ1v) is 8.18. The molecule has 0 spiro atoms. The Balaban J connectivity index is 0.00000225. The Hall–Kier alpha value is -2.05. The standard InChI is InChI=1S/C18H24N4O2.ClH/c1-12-18(13(2)21(3)20-12)24-11-17(23)22-9-15(16(19)10-22)14-7-5-4-6-8-14;/h4-8,15-16H,9-11,19H2,1-3H3;1H/t15-,16+;/m0./s1. The summed E-state index contributed by atoms with van der Waals surface area (Å²) < 4.78 is 7.48. The monoisotopic (exact) mass is 364 g/mol. The molecule has 0 radical (unpaired) electrons. The molecule has 1 aromatic heterocycles. The Morgan fingerprint density at radius 1 is 1.28 bits per heavy atom. The van der Waals surface area contributed by atoms with Gasteiger partial charge in [0.1, 0.15) is 5.69 Å². The fourth-order valence-electron chi connectivity index (χ4n) is 3.27. The number of nitrogens with two attached hydrogens (primary N) is 1. The maximum Gasteiger partial charge on any atom is 0.260 e. The molecule has 0 aliphatic carbocycles. The average molecular weight is 365 g/mol. The quantitative estimate of drug-likeness (QED) is 0.897. The number of aromatic nitrogens is 2. The highest BCUT2D eigenvalue weighted by atomic mass is 35.5. The summed E-state index contributed by atoms with van der Waals surface area (Å²) in [5.41, 5.74) is 9.14. The van der Waals surface area contributed by atoms with Gasteiger partial charge in [0.2, 0.25) is 0 Å². The Labute approximate surface area is 154 Å². The third-order valence-corrected chi connectivity index (χ3v) is 4.73. The fraction of sp³-hybridized carbons (Fsp3) is 0.444.